The summed E-state index contributed by atoms with van der Waals surface area (Å²) in [5, 5.41) is 10.6. The molecule has 0 fully saturated rings. The maximum Gasteiger partial charge on any atom is 0.322 e. The highest BCUT2D eigenvalue weighted by molar-refractivity contribution is 5.81. The van der Waals surface area contributed by atoms with Gasteiger partial charge < -0.3 is 15.2 Å². The van der Waals surface area contributed by atoms with Crippen LogP contribution in [0, 0.1) is 5.82 Å². The number of amides is 1. The van der Waals surface area contributed by atoms with Crippen LogP contribution in [0.1, 0.15) is 13.3 Å². The van der Waals surface area contributed by atoms with Gasteiger partial charge in [0.25, 0.3) is 0 Å². The second-order valence-electron chi connectivity index (χ2n) is 3.73. The Kier molecular flexibility index (Phi) is 5.10. The third-order valence-electron chi connectivity index (χ3n) is 2.07. The summed E-state index contributed by atoms with van der Waals surface area (Å²) in [7, 11) is 0. The van der Waals surface area contributed by atoms with Gasteiger partial charge >= 0.3 is 5.97 Å². The first-order valence-electron chi connectivity index (χ1n) is 5.38. The van der Waals surface area contributed by atoms with Crippen molar-refractivity contribution in [3.8, 4) is 5.75 Å². The first kappa shape index (κ1) is 14.0. The van der Waals surface area contributed by atoms with Gasteiger partial charge in [-0.15, -0.1) is 0 Å². The summed E-state index contributed by atoms with van der Waals surface area (Å²) in [5.41, 5.74) is 0. The minimum atomic E-state index is -1.12. The van der Waals surface area contributed by atoms with Crippen LogP contribution in [-0.2, 0) is 9.59 Å². The summed E-state index contributed by atoms with van der Waals surface area (Å²) in [5.74, 6) is -2.02. The Balaban J connectivity index is 2.42. The molecule has 0 aliphatic carbocycles. The first-order valence-corrected chi connectivity index (χ1v) is 5.38. The second kappa shape index (κ2) is 6.58. The Hall–Kier alpha value is -2.11. The topological polar surface area (TPSA) is 75.6 Å². The fourth-order valence-electron chi connectivity index (χ4n) is 1.31. The van der Waals surface area contributed by atoms with Crippen LogP contribution in [0.25, 0.3) is 0 Å². The van der Waals surface area contributed by atoms with Crippen molar-refractivity contribution in [2.75, 3.05) is 6.54 Å². The maximum absolute atomic E-state index is 13.2. The van der Waals surface area contributed by atoms with E-state index in [9.17, 15) is 14.0 Å². The highest BCUT2D eigenvalue weighted by Crippen LogP contribution is 2.17. The van der Waals surface area contributed by atoms with Gasteiger partial charge in [-0.25, -0.2) is 4.39 Å². The lowest BCUT2D eigenvalue weighted by Gasteiger charge is -2.14. The molecule has 1 aromatic carbocycles. The number of ether oxygens (including phenoxy) is 1. The van der Waals surface area contributed by atoms with Crippen LogP contribution < -0.4 is 10.1 Å². The van der Waals surface area contributed by atoms with Crippen LogP contribution in [0.4, 0.5) is 4.39 Å². The predicted molar refractivity (Wildman–Crippen MR) is 61.8 cm³/mol. The van der Waals surface area contributed by atoms with Gasteiger partial charge in [-0.05, 0) is 19.1 Å². The molecule has 0 aliphatic heterocycles. The Labute approximate surface area is 104 Å². The summed E-state index contributed by atoms with van der Waals surface area (Å²) in [6.07, 6.45) is -0.586. The van der Waals surface area contributed by atoms with Crippen LogP contribution in [0.15, 0.2) is 24.3 Å². The molecule has 0 heterocycles. The van der Waals surface area contributed by atoms with Gasteiger partial charge in [0.2, 0.25) is 5.91 Å². The summed E-state index contributed by atoms with van der Waals surface area (Å²) >= 11 is 0. The number of carbonyl (C=O) groups excluding carboxylic acids is 1. The normalized spacial score (nSPS) is 11.7. The average Bonchev–Trinajstić information content (AvgIpc) is 2.29. The minimum Gasteiger partial charge on any atom is -0.487 e. The van der Waals surface area contributed by atoms with Gasteiger partial charge in [0.1, 0.15) is 12.6 Å². The van der Waals surface area contributed by atoms with E-state index in [0.717, 1.165) is 0 Å². The number of carboxylic acids is 1. The Morgan fingerprint density at radius 3 is 2.72 bits per heavy atom. The molecule has 6 heteroatoms. The molecule has 18 heavy (non-hydrogen) atoms. The van der Waals surface area contributed by atoms with Crippen LogP contribution >= 0.6 is 0 Å². The molecule has 98 valence electrons. The first-order chi connectivity index (χ1) is 8.49. The lowest BCUT2D eigenvalue weighted by Crippen LogP contribution is -2.32. The fraction of sp³-hybridized carbons (Fsp3) is 0.333. The molecule has 0 aliphatic rings. The molecule has 0 bridgehead atoms. The molecule has 1 unspecified atom stereocenters. The predicted octanol–water partition coefficient (Wildman–Crippen LogP) is 1.18. The lowest BCUT2D eigenvalue weighted by molar-refractivity contribution is -0.138. The van der Waals surface area contributed by atoms with Gasteiger partial charge in [-0.2, -0.15) is 0 Å². The van der Waals surface area contributed by atoms with E-state index in [1.807, 2.05) is 0 Å². The molecule has 1 rings (SSSR count). The van der Waals surface area contributed by atoms with Crippen LogP contribution in [0.2, 0.25) is 0 Å². The molecule has 5 nitrogen and oxygen atoms in total. The number of halogens is 1. The van der Waals surface area contributed by atoms with Gasteiger partial charge in [-0.3, -0.25) is 9.59 Å². The van der Waals surface area contributed by atoms with Gasteiger partial charge in [-0.1, -0.05) is 12.1 Å². The SMILES string of the molecule is CC(CC(=O)NCC(=O)O)Oc1ccccc1F. The van der Waals surface area contributed by atoms with Crippen molar-refractivity contribution in [3.05, 3.63) is 30.1 Å². The van der Waals surface area contributed by atoms with E-state index < -0.39 is 30.3 Å². The number of aliphatic carboxylic acids is 1. The Bertz CT molecular complexity index is 436. The Morgan fingerprint density at radius 2 is 2.11 bits per heavy atom. The van der Waals surface area contributed by atoms with E-state index in [0.29, 0.717) is 0 Å². The molecule has 1 atom stereocenters. The number of hydrogen-bond acceptors (Lipinski definition) is 3. The molecule has 0 aromatic heterocycles. The summed E-state index contributed by atoms with van der Waals surface area (Å²) in [6, 6.07) is 5.87. The third-order valence-corrected chi connectivity index (χ3v) is 2.07. The standard InChI is InChI=1S/C12H14FNO4/c1-8(6-11(15)14-7-12(16)17)18-10-5-3-2-4-9(10)13/h2-5,8H,6-7H2,1H3,(H,14,15)(H,16,17). The van der Waals surface area contributed by atoms with Crippen molar-refractivity contribution < 1.29 is 23.8 Å². The highest BCUT2D eigenvalue weighted by Gasteiger charge is 2.13. The summed E-state index contributed by atoms with van der Waals surface area (Å²) < 4.78 is 18.5. The van der Waals surface area contributed by atoms with Crippen LogP contribution in [0.3, 0.4) is 0 Å². The fourth-order valence-corrected chi connectivity index (χ4v) is 1.31. The van der Waals surface area contributed by atoms with Gasteiger partial charge in [0.05, 0.1) is 6.42 Å². The van der Waals surface area contributed by atoms with E-state index in [1.54, 1.807) is 13.0 Å². The summed E-state index contributed by atoms with van der Waals surface area (Å²) in [6.45, 7) is 1.16. The zero-order chi connectivity index (χ0) is 13.5. The van der Waals surface area contributed by atoms with Crippen molar-refractivity contribution in [1.29, 1.82) is 0 Å². The van der Waals surface area contributed by atoms with Crippen molar-refractivity contribution in [2.24, 2.45) is 0 Å². The number of hydrogen-bond donors (Lipinski definition) is 2. The van der Waals surface area contributed by atoms with Crippen molar-refractivity contribution >= 4 is 11.9 Å². The molecule has 0 spiro atoms. The van der Waals surface area contributed by atoms with Gasteiger partial charge in [0.15, 0.2) is 11.6 Å². The second-order valence-corrected chi connectivity index (χ2v) is 3.73. The molecular formula is C12H14FNO4. The molecule has 0 saturated heterocycles. The van der Waals surface area contributed by atoms with Gasteiger partial charge in [0, 0.05) is 0 Å². The quantitative estimate of drug-likeness (QED) is 0.800. The number of nitrogens with one attached hydrogen (secondary N) is 1. The zero-order valence-electron chi connectivity index (χ0n) is 9.85. The minimum absolute atomic E-state index is 0.0401. The number of para-hydroxylation sites is 1. The lowest BCUT2D eigenvalue weighted by atomic mass is 10.2. The number of rotatable bonds is 6. The maximum atomic E-state index is 13.2. The average molecular weight is 255 g/mol. The number of carbonyl (C=O) groups is 2. The smallest absolute Gasteiger partial charge is 0.322 e. The van der Waals surface area contributed by atoms with Crippen molar-refractivity contribution in [1.82, 2.24) is 5.32 Å². The molecular weight excluding hydrogens is 241 g/mol. The monoisotopic (exact) mass is 255 g/mol. The molecule has 2 N–H and O–H groups in total. The third kappa shape index (κ3) is 4.82. The van der Waals surface area contributed by atoms with E-state index in [1.165, 1.54) is 18.2 Å². The van der Waals surface area contributed by atoms with Crippen molar-refractivity contribution in [3.63, 3.8) is 0 Å². The van der Waals surface area contributed by atoms with E-state index >= 15 is 0 Å². The zero-order valence-corrected chi connectivity index (χ0v) is 9.85. The highest BCUT2D eigenvalue weighted by atomic mass is 19.1. The van der Waals surface area contributed by atoms with E-state index in [2.05, 4.69) is 5.32 Å². The number of carboxylic acid groups (broad SMARTS) is 1. The van der Waals surface area contributed by atoms with E-state index in [-0.39, 0.29) is 12.2 Å². The molecule has 1 aromatic rings. The van der Waals surface area contributed by atoms with Crippen LogP contribution in [0.5, 0.6) is 5.75 Å². The van der Waals surface area contributed by atoms with E-state index in [4.69, 9.17) is 9.84 Å². The van der Waals surface area contributed by atoms with Crippen molar-refractivity contribution in [2.45, 2.75) is 19.4 Å². The molecule has 1 amide bonds. The largest absolute Gasteiger partial charge is 0.487 e. The summed E-state index contributed by atoms with van der Waals surface area (Å²) in [4.78, 5) is 21.5. The molecule has 0 saturated carbocycles. The molecule has 0 radical (unpaired) electrons. The Morgan fingerprint density at radius 1 is 1.44 bits per heavy atom. The number of benzene rings is 1. The van der Waals surface area contributed by atoms with Crippen LogP contribution in [-0.4, -0.2) is 29.6 Å².